The van der Waals surface area contributed by atoms with E-state index in [-0.39, 0.29) is 0 Å². The second-order valence-electron chi connectivity index (χ2n) is 4.60. The highest BCUT2D eigenvalue weighted by Crippen LogP contribution is 2.36. The standard InChI is InChI=1S/C12H16N2O/c1-8-5-12(15-14-8)10-6-9-3-2-4-13-11(9)7-10/h5-6,9,11,13H,2-4,7H2,1H3/t9-,11+/m1/s1. The third-order valence-corrected chi connectivity index (χ3v) is 3.44. The van der Waals surface area contributed by atoms with E-state index in [1.54, 1.807) is 0 Å². The number of nitrogens with one attached hydrogen (secondary N) is 1. The normalized spacial score (nSPS) is 30.1. The number of nitrogens with zero attached hydrogens (tertiary/aromatic N) is 1. The van der Waals surface area contributed by atoms with Crippen LogP contribution in [0.15, 0.2) is 16.7 Å². The molecule has 3 rings (SSSR count). The molecule has 2 atom stereocenters. The number of aromatic nitrogens is 1. The van der Waals surface area contributed by atoms with Crippen molar-refractivity contribution in [1.82, 2.24) is 10.5 Å². The van der Waals surface area contributed by atoms with Crippen LogP contribution in [0.1, 0.15) is 30.7 Å². The van der Waals surface area contributed by atoms with Gasteiger partial charge >= 0.3 is 0 Å². The summed E-state index contributed by atoms with van der Waals surface area (Å²) in [6.45, 7) is 3.13. The molecular formula is C12H16N2O. The Balaban J connectivity index is 1.83. The van der Waals surface area contributed by atoms with Crippen LogP contribution in [-0.4, -0.2) is 17.7 Å². The van der Waals surface area contributed by atoms with Gasteiger partial charge in [0.25, 0.3) is 0 Å². The molecule has 0 radical (unpaired) electrons. The Hall–Kier alpha value is -1.09. The van der Waals surface area contributed by atoms with Crippen LogP contribution in [0.5, 0.6) is 0 Å². The molecule has 2 aliphatic rings. The summed E-state index contributed by atoms with van der Waals surface area (Å²) in [5.41, 5.74) is 2.30. The van der Waals surface area contributed by atoms with E-state index in [1.165, 1.54) is 18.4 Å². The zero-order valence-electron chi connectivity index (χ0n) is 8.99. The van der Waals surface area contributed by atoms with E-state index >= 15 is 0 Å². The summed E-state index contributed by atoms with van der Waals surface area (Å²) in [7, 11) is 0. The van der Waals surface area contributed by atoms with Gasteiger partial charge in [-0.1, -0.05) is 11.2 Å². The van der Waals surface area contributed by atoms with Gasteiger partial charge in [0.1, 0.15) is 0 Å². The molecule has 1 aromatic heterocycles. The van der Waals surface area contributed by atoms with Gasteiger partial charge in [-0.2, -0.15) is 0 Å². The molecule has 1 fully saturated rings. The third-order valence-electron chi connectivity index (χ3n) is 3.44. The smallest absolute Gasteiger partial charge is 0.162 e. The zero-order valence-corrected chi connectivity index (χ0v) is 8.99. The predicted octanol–water partition coefficient (Wildman–Crippen LogP) is 2.14. The van der Waals surface area contributed by atoms with Crippen LogP contribution < -0.4 is 5.32 Å². The van der Waals surface area contributed by atoms with Gasteiger partial charge in [0.2, 0.25) is 0 Å². The molecule has 80 valence electrons. The molecule has 1 saturated heterocycles. The van der Waals surface area contributed by atoms with Crippen LogP contribution in [0.3, 0.4) is 0 Å². The van der Waals surface area contributed by atoms with E-state index < -0.39 is 0 Å². The second-order valence-corrected chi connectivity index (χ2v) is 4.60. The molecule has 3 nitrogen and oxygen atoms in total. The van der Waals surface area contributed by atoms with Gasteiger partial charge in [0.05, 0.1) is 5.69 Å². The molecule has 0 unspecified atom stereocenters. The molecule has 15 heavy (non-hydrogen) atoms. The minimum atomic E-state index is 0.638. The molecule has 0 aromatic carbocycles. The van der Waals surface area contributed by atoms with Gasteiger partial charge in [0, 0.05) is 12.1 Å². The maximum atomic E-state index is 5.31. The van der Waals surface area contributed by atoms with Crippen molar-refractivity contribution < 1.29 is 4.52 Å². The van der Waals surface area contributed by atoms with Crippen LogP contribution >= 0.6 is 0 Å². The lowest BCUT2D eigenvalue weighted by molar-refractivity contribution is 0.347. The topological polar surface area (TPSA) is 38.1 Å². The predicted molar refractivity (Wildman–Crippen MR) is 58.3 cm³/mol. The van der Waals surface area contributed by atoms with Crippen molar-refractivity contribution in [3.8, 4) is 0 Å². The first-order chi connectivity index (χ1) is 7.33. The maximum absolute atomic E-state index is 5.31. The first-order valence-corrected chi connectivity index (χ1v) is 5.71. The monoisotopic (exact) mass is 204 g/mol. The van der Waals surface area contributed by atoms with Gasteiger partial charge in [-0.3, -0.25) is 0 Å². The van der Waals surface area contributed by atoms with E-state index in [2.05, 4.69) is 16.5 Å². The van der Waals surface area contributed by atoms with Crippen LogP contribution in [0.25, 0.3) is 5.57 Å². The highest BCUT2D eigenvalue weighted by Gasteiger charge is 2.31. The highest BCUT2D eigenvalue weighted by molar-refractivity contribution is 5.65. The number of fused-ring (bicyclic) bond motifs is 1. The second kappa shape index (κ2) is 3.49. The first kappa shape index (κ1) is 9.16. The summed E-state index contributed by atoms with van der Waals surface area (Å²) in [5.74, 6) is 1.67. The Labute approximate surface area is 89.5 Å². The van der Waals surface area contributed by atoms with Crippen molar-refractivity contribution in [2.75, 3.05) is 6.54 Å². The Bertz CT molecular complexity index is 394. The summed E-state index contributed by atoms with van der Waals surface area (Å²) in [6, 6.07) is 2.67. The fourth-order valence-electron chi connectivity index (χ4n) is 2.66. The molecule has 1 aromatic rings. The van der Waals surface area contributed by atoms with E-state index in [4.69, 9.17) is 4.52 Å². The lowest BCUT2D eigenvalue weighted by Gasteiger charge is -2.25. The fraction of sp³-hybridized carbons (Fsp3) is 0.583. The Morgan fingerprint density at radius 1 is 1.53 bits per heavy atom. The van der Waals surface area contributed by atoms with Crippen molar-refractivity contribution in [2.24, 2.45) is 5.92 Å². The van der Waals surface area contributed by atoms with E-state index in [0.717, 1.165) is 24.4 Å². The average molecular weight is 204 g/mol. The molecular weight excluding hydrogens is 188 g/mol. The molecule has 1 aliphatic carbocycles. The molecule has 3 heteroatoms. The van der Waals surface area contributed by atoms with Crippen molar-refractivity contribution >= 4 is 5.57 Å². The fourth-order valence-corrected chi connectivity index (χ4v) is 2.66. The third kappa shape index (κ3) is 1.61. The van der Waals surface area contributed by atoms with E-state index in [0.29, 0.717) is 12.0 Å². The van der Waals surface area contributed by atoms with Gasteiger partial charge in [0.15, 0.2) is 5.76 Å². The number of aryl methyl sites for hydroxylation is 1. The van der Waals surface area contributed by atoms with Crippen LogP contribution in [0, 0.1) is 12.8 Å². The molecule has 1 N–H and O–H groups in total. The minimum absolute atomic E-state index is 0.638. The number of piperidine rings is 1. The van der Waals surface area contributed by atoms with Crippen molar-refractivity contribution in [1.29, 1.82) is 0 Å². The number of rotatable bonds is 1. The minimum Gasteiger partial charge on any atom is -0.356 e. The van der Waals surface area contributed by atoms with Gasteiger partial charge < -0.3 is 9.84 Å². The highest BCUT2D eigenvalue weighted by atomic mass is 16.5. The van der Waals surface area contributed by atoms with Crippen molar-refractivity contribution in [3.05, 3.63) is 23.6 Å². The quantitative estimate of drug-likeness (QED) is 0.761. The Morgan fingerprint density at radius 3 is 3.20 bits per heavy atom. The largest absolute Gasteiger partial charge is 0.356 e. The van der Waals surface area contributed by atoms with Crippen LogP contribution in [0.4, 0.5) is 0 Å². The molecule has 0 saturated carbocycles. The SMILES string of the molecule is Cc1cc(C2=C[C@H]3CCCN[C@H]3C2)on1. The Morgan fingerprint density at radius 2 is 2.47 bits per heavy atom. The number of hydrogen-bond donors (Lipinski definition) is 1. The summed E-state index contributed by atoms with van der Waals surface area (Å²) in [5, 5.41) is 7.52. The summed E-state index contributed by atoms with van der Waals surface area (Å²) < 4.78 is 5.31. The summed E-state index contributed by atoms with van der Waals surface area (Å²) >= 11 is 0. The van der Waals surface area contributed by atoms with E-state index in [9.17, 15) is 0 Å². The summed E-state index contributed by atoms with van der Waals surface area (Å²) in [6.07, 6.45) is 6.07. The van der Waals surface area contributed by atoms with Crippen LogP contribution in [0.2, 0.25) is 0 Å². The van der Waals surface area contributed by atoms with Gasteiger partial charge in [-0.15, -0.1) is 0 Å². The number of hydrogen-bond acceptors (Lipinski definition) is 3. The van der Waals surface area contributed by atoms with Crippen LogP contribution in [-0.2, 0) is 0 Å². The first-order valence-electron chi connectivity index (χ1n) is 5.71. The van der Waals surface area contributed by atoms with Gasteiger partial charge in [-0.05, 0) is 44.2 Å². The molecule has 0 bridgehead atoms. The lowest BCUT2D eigenvalue weighted by Crippen LogP contribution is -2.37. The molecule has 2 heterocycles. The Kier molecular flexibility index (Phi) is 2.13. The molecule has 1 aliphatic heterocycles. The van der Waals surface area contributed by atoms with Crippen molar-refractivity contribution in [3.63, 3.8) is 0 Å². The summed E-state index contributed by atoms with van der Waals surface area (Å²) in [4.78, 5) is 0. The lowest BCUT2D eigenvalue weighted by atomic mass is 9.94. The molecule has 0 amide bonds. The molecule has 0 spiro atoms. The van der Waals surface area contributed by atoms with Crippen molar-refractivity contribution in [2.45, 2.75) is 32.2 Å². The zero-order chi connectivity index (χ0) is 10.3. The average Bonchev–Trinajstić information content (AvgIpc) is 2.82. The van der Waals surface area contributed by atoms with E-state index in [1.807, 2.05) is 13.0 Å². The van der Waals surface area contributed by atoms with Gasteiger partial charge in [-0.25, -0.2) is 0 Å². The maximum Gasteiger partial charge on any atom is 0.162 e.